The number of rotatable bonds is 5. The summed E-state index contributed by atoms with van der Waals surface area (Å²) in [6.07, 6.45) is -4.31. The van der Waals surface area contributed by atoms with Crippen molar-refractivity contribution < 1.29 is 17.9 Å². The van der Waals surface area contributed by atoms with E-state index in [0.717, 1.165) is 16.7 Å². The summed E-state index contributed by atoms with van der Waals surface area (Å²) < 4.78 is 40.8. The second-order valence-corrected chi connectivity index (χ2v) is 4.84. The van der Waals surface area contributed by atoms with Gasteiger partial charge in [-0.05, 0) is 43.7 Å². The highest BCUT2D eigenvalue weighted by Crippen LogP contribution is 2.27. The number of aryl methyl sites for hydroxylation is 2. The standard InChI is InChI=1S/C13H17ClF3NO/c1-8-4-10(11(14)5-9(8)2)12(18-3)6-19-7-13(15,16)17/h4-5,12,18H,6-7H2,1-3H3. The lowest BCUT2D eigenvalue weighted by Crippen LogP contribution is -2.26. The van der Waals surface area contributed by atoms with Gasteiger partial charge in [-0.2, -0.15) is 13.2 Å². The first-order valence-corrected chi connectivity index (χ1v) is 6.21. The van der Waals surface area contributed by atoms with Gasteiger partial charge in [-0.15, -0.1) is 0 Å². The molecule has 1 atom stereocenters. The molecule has 0 aliphatic rings. The van der Waals surface area contributed by atoms with E-state index in [4.69, 9.17) is 11.6 Å². The third-order valence-corrected chi connectivity index (χ3v) is 3.21. The number of hydrogen-bond acceptors (Lipinski definition) is 2. The summed E-state index contributed by atoms with van der Waals surface area (Å²) in [6, 6.07) is 3.31. The van der Waals surface area contributed by atoms with Crippen LogP contribution in [0.25, 0.3) is 0 Å². The van der Waals surface area contributed by atoms with Crippen LogP contribution >= 0.6 is 11.6 Å². The Morgan fingerprint density at radius 2 is 1.84 bits per heavy atom. The predicted molar refractivity (Wildman–Crippen MR) is 69.6 cm³/mol. The zero-order valence-electron chi connectivity index (χ0n) is 11.1. The van der Waals surface area contributed by atoms with Crippen LogP contribution in [0.15, 0.2) is 12.1 Å². The van der Waals surface area contributed by atoms with E-state index >= 15 is 0 Å². The lowest BCUT2D eigenvalue weighted by molar-refractivity contribution is -0.175. The van der Waals surface area contributed by atoms with Crippen LogP contribution in [0.2, 0.25) is 5.02 Å². The Kier molecular flexibility index (Phi) is 5.64. The summed E-state index contributed by atoms with van der Waals surface area (Å²) in [4.78, 5) is 0. The van der Waals surface area contributed by atoms with E-state index in [1.54, 1.807) is 13.1 Å². The maximum atomic E-state index is 12.0. The predicted octanol–water partition coefficient (Wildman–Crippen LogP) is 3.80. The van der Waals surface area contributed by atoms with E-state index in [-0.39, 0.29) is 12.6 Å². The minimum absolute atomic E-state index is 0.0851. The number of nitrogens with one attached hydrogen (secondary N) is 1. The summed E-state index contributed by atoms with van der Waals surface area (Å²) in [5.41, 5.74) is 2.82. The van der Waals surface area contributed by atoms with E-state index in [9.17, 15) is 13.2 Å². The van der Waals surface area contributed by atoms with Gasteiger partial charge in [0.05, 0.1) is 12.6 Å². The van der Waals surface area contributed by atoms with Gasteiger partial charge in [0, 0.05) is 5.02 Å². The molecule has 0 bridgehead atoms. The van der Waals surface area contributed by atoms with Crippen molar-refractivity contribution in [1.29, 1.82) is 0 Å². The van der Waals surface area contributed by atoms with Crippen LogP contribution in [-0.4, -0.2) is 26.4 Å². The third kappa shape index (κ3) is 5.01. The van der Waals surface area contributed by atoms with Gasteiger partial charge in [-0.1, -0.05) is 17.7 Å². The molecule has 0 spiro atoms. The summed E-state index contributed by atoms with van der Waals surface area (Å²) in [6.45, 7) is 2.52. The molecular weight excluding hydrogens is 279 g/mol. The molecule has 0 fully saturated rings. The van der Waals surface area contributed by atoms with Gasteiger partial charge >= 0.3 is 6.18 Å². The van der Waals surface area contributed by atoms with Crippen LogP contribution in [0.3, 0.4) is 0 Å². The molecule has 19 heavy (non-hydrogen) atoms. The summed E-state index contributed by atoms with van der Waals surface area (Å²) in [5.74, 6) is 0. The lowest BCUT2D eigenvalue weighted by Gasteiger charge is -2.20. The highest BCUT2D eigenvalue weighted by atomic mass is 35.5. The SMILES string of the molecule is CNC(COCC(F)(F)F)c1cc(C)c(C)cc1Cl. The van der Waals surface area contributed by atoms with Crippen molar-refractivity contribution in [3.63, 3.8) is 0 Å². The van der Waals surface area contributed by atoms with Gasteiger partial charge in [0.2, 0.25) is 0 Å². The highest BCUT2D eigenvalue weighted by Gasteiger charge is 2.28. The van der Waals surface area contributed by atoms with Gasteiger partial charge in [0.15, 0.2) is 0 Å². The Bertz CT molecular complexity index is 435. The van der Waals surface area contributed by atoms with Crippen LogP contribution in [-0.2, 0) is 4.74 Å². The van der Waals surface area contributed by atoms with E-state index in [1.807, 2.05) is 19.9 Å². The summed E-state index contributed by atoms with van der Waals surface area (Å²) in [7, 11) is 1.66. The summed E-state index contributed by atoms with van der Waals surface area (Å²) in [5, 5.41) is 3.44. The molecule has 2 nitrogen and oxygen atoms in total. The third-order valence-electron chi connectivity index (χ3n) is 2.89. The van der Waals surface area contributed by atoms with Crippen molar-refractivity contribution in [1.82, 2.24) is 5.32 Å². The molecule has 1 unspecified atom stereocenters. The smallest absolute Gasteiger partial charge is 0.370 e. The molecule has 0 saturated heterocycles. The molecule has 108 valence electrons. The van der Waals surface area contributed by atoms with E-state index in [2.05, 4.69) is 10.1 Å². The molecule has 1 rings (SSSR count). The van der Waals surface area contributed by atoms with Crippen LogP contribution in [0, 0.1) is 13.8 Å². The fourth-order valence-electron chi connectivity index (χ4n) is 1.69. The molecule has 1 N–H and O–H groups in total. The molecule has 0 saturated carbocycles. The Hall–Kier alpha value is -0.780. The molecule has 0 aliphatic heterocycles. The first kappa shape index (κ1) is 16.3. The van der Waals surface area contributed by atoms with Crippen LogP contribution < -0.4 is 5.32 Å². The van der Waals surface area contributed by atoms with E-state index < -0.39 is 12.8 Å². The molecule has 0 amide bonds. The highest BCUT2D eigenvalue weighted by molar-refractivity contribution is 6.31. The number of likely N-dealkylation sites (N-methyl/N-ethyl adjacent to an activating group) is 1. The second kappa shape index (κ2) is 6.59. The monoisotopic (exact) mass is 295 g/mol. The number of benzene rings is 1. The van der Waals surface area contributed by atoms with Crippen LogP contribution in [0.5, 0.6) is 0 Å². The molecule has 1 aromatic carbocycles. The van der Waals surface area contributed by atoms with Crippen molar-refractivity contribution >= 4 is 11.6 Å². The fourth-order valence-corrected chi connectivity index (χ4v) is 2.04. The Morgan fingerprint density at radius 3 is 2.37 bits per heavy atom. The Morgan fingerprint density at radius 1 is 1.26 bits per heavy atom. The molecule has 0 heterocycles. The Balaban J connectivity index is 2.77. The van der Waals surface area contributed by atoms with Crippen molar-refractivity contribution in [3.05, 3.63) is 33.8 Å². The molecule has 0 aliphatic carbocycles. The number of halogens is 4. The minimum atomic E-state index is -4.31. The topological polar surface area (TPSA) is 21.3 Å². The molecule has 6 heteroatoms. The normalized spacial score (nSPS) is 13.6. The van der Waals surface area contributed by atoms with Crippen molar-refractivity contribution in [2.45, 2.75) is 26.1 Å². The average molecular weight is 296 g/mol. The maximum absolute atomic E-state index is 12.0. The first-order valence-electron chi connectivity index (χ1n) is 5.83. The largest absolute Gasteiger partial charge is 0.411 e. The number of alkyl halides is 3. The second-order valence-electron chi connectivity index (χ2n) is 4.43. The van der Waals surface area contributed by atoms with Gasteiger partial charge in [0.25, 0.3) is 0 Å². The first-order chi connectivity index (χ1) is 8.74. The zero-order valence-corrected chi connectivity index (χ0v) is 11.8. The minimum Gasteiger partial charge on any atom is -0.370 e. The van der Waals surface area contributed by atoms with Crippen molar-refractivity contribution in [3.8, 4) is 0 Å². The number of ether oxygens (including phenoxy) is 1. The molecule has 1 aromatic rings. The van der Waals surface area contributed by atoms with E-state index in [1.165, 1.54) is 0 Å². The fraction of sp³-hybridized carbons (Fsp3) is 0.538. The maximum Gasteiger partial charge on any atom is 0.411 e. The van der Waals surface area contributed by atoms with Crippen molar-refractivity contribution in [2.75, 3.05) is 20.3 Å². The zero-order chi connectivity index (χ0) is 14.6. The van der Waals surface area contributed by atoms with Gasteiger partial charge in [-0.25, -0.2) is 0 Å². The Labute approximate surface area is 115 Å². The number of hydrogen-bond donors (Lipinski definition) is 1. The molecular formula is C13H17ClF3NO. The van der Waals surface area contributed by atoms with E-state index in [0.29, 0.717) is 5.02 Å². The van der Waals surface area contributed by atoms with Crippen molar-refractivity contribution in [2.24, 2.45) is 0 Å². The van der Waals surface area contributed by atoms with Crippen LogP contribution in [0.4, 0.5) is 13.2 Å². The van der Waals surface area contributed by atoms with Gasteiger partial charge in [-0.3, -0.25) is 0 Å². The molecule has 0 aromatic heterocycles. The molecule has 0 radical (unpaired) electrons. The quantitative estimate of drug-likeness (QED) is 0.892. The summed E-state index contributed by atoms with van der Waals surface area (Å²) >= 11 is 6.13. The average Bonchev–Trinajstić information content (AvgIpc) is 2.29. The lowest BCUT2D eigenvalue weighted by atomic mass is 10.0. The van der Waals surface area contributed by atoms with Gasteiger partial charge < -0.3 is 10.1 Å². The van der Waals surface area contributed by atoms with Crippen LogP contribution in [0.1, 0.15) is 22.7 Å². The van der Waals surface area contributed by atoms with Gasteiger partial charge in [0.1, 0.15) is 6.61 Å².